The Hall–Kier alpha value is -2.34. The second-order valence-corrected chi connectivity index (χ2v) is 5.95. The quantitative estimate of drug-likeness (QED) is 0.881. The van der Waals surface area contributed by atoms with Crippen molar-refractivity contribution >= 4 is 5.91 Å². The van der Waals surface area contributed by atoms with Gasteiger partial charge in [0, 0.05) is 13.2 Å². The number of hydrogen-bond acceptors (Lipinski definition) is 5. The number of amides is 1. The normalized spacial score (nSPS) is 20.5. The fourth-order valence-electron chi connectivity index (χ4n) is 2.95. The minimum absolute atomic E-state index is 0.0320. The lowest BCUT2D eigenvalue weighted by molar-refractivity contribution is 0.0789. The molecule has 0 radical (unpaired) electrons. The minimum atomic E-state index is -0.241. The molecule has 128 valence electrons. The molecule has 1 heterocycles. The van der Waals surface area contributed by atoms with Crippen molar-refractivity contribution in [2.45, 2.75) is 44.4 Å². The van der Waals surface area contributed by atoms with Crippen molar-refractivity contribution in [2.24, 2.45) is 0 Å². The van der Waals surface area contributed by atoms with Crippen LogP contribution in [0.15, 0.2) is 40.9 Å². The molecule has 1 fully saturated rings. The van der Waals surface area contributed by atoms with Gasteiger partial charge in [0.05, 0.1) is 6.04 Å². The van der Waals surface area contributed by atoms with Gasteiger partial charge in [-0.2, -0.15) is 0 Å². The Morgan fingerprint density at radius 3 is 2.88 bits per heavy atom. The molecule has 1 aromatic heterocycles. The van der Waals surface area contributed by atoms with E-state index in [4.69, 9.17) is 14.0 Å². The van der Waals surface area contributed by atoms with Crippen LogP contribution in [0.3, 0.4) is 0 Å². The SMILES string of the molecule is COCc1cc(C(=O)N[C@H]2CCCC[C@H]2Oc2ccccc2)no1. The summed E-state index contributed by atoms with van der Waals surface area (Å²) >= 11 is 0. The molecular weight excluding hydrogens is 308 g/mol. The van der Waals surface area contributed by atoms with Crippen LogP contribution in [0.2, 0.25) is 0 Å². The third-order valence-electron chi connectivity index (χ3n) is 4.13. The molecule has 1 aliphatic carbocycles. The number of aromatic nitrogens is 1. The van der Waals surface area contributed by atoms with Crippen molar-refractivity contribution in [3.63, 3.8) is 0 Å². The standard InChI is InChI=1S/C18H22N2O4/c1-22-12-14-11-16(20-24-14)18(21)19-15-9-5-6-10-17(15)23-13-7-3-2-4-8-13/h2-4,7-8,11,15,17H,5-6,9-10,12H2,1H3,(H,19,21)/t15-,17+/m0/s1. The molecule has 6 nitrogen and oxygen atoms in total. The van der Waals surface area contributed by atoms with E-state index in [9.17, 15) is 4.79 Å². The number of methoxy groups -OCH3 is 1. The number of hydrogen-bond donors (Lipinski definition) is 1. The van der Waals surface area contributed by atoms with E-state index in [-0.39, 0.29) is 23.7 Å². The number of carbonyl (C=O) groups excluding carboxylic acids is 1. The zero-order valence-electron chi connectivity index (χ0n) is 13.7. The maximum Gasteiger partial charge on any atom is 0.273 e. The van der Waals surface area contributed by atoms with E-state index in [1.165, 1.54) is 0 Å². The minimum Gasteiger partial charge on any atom is -0.488 e. The highest BCUT2D eigenvalue weighted by Crippen LogP contribution is 2.24. The second kappa shape index (κ2) is 7.97. The van der Waals surface area contributed by atoms with Gasteiger partial charge in [0.2, 0.25) is 0 Å². The number of benzene rings is 1. The number of nitrogens with zero attached hydrogens (tertiary/aromatic N) is 1. The Kier molecular flexibility index (Phi) is 5.48. The molecule has 6 heteroatoms. The van der Waals surface area contributed by atoms with Crippen molar-refractivity contribution in [1.82, 2.24) is 10.5 Å². The number of nitrogens with one attached hydrogen (secondary N) is 1. The lowest BCUT2D eigenvalue weighted by Crippen LogP contribution is -2.47. The summed E-state index contributed by atoms with van der Waals surface area (Å²) < 4.78 is 16.1. The lowest BCUT2D eigenvalue weighted by atomic mass is 9.92. The Bertz CT molecular complexity index is 656. The zero-order valence-corrected chi connectivity index (χ0v) is 13.7. The number of carbonyl (C=O) groups is 1. The van der Waals surface area contributed by atoms with Crippen LogP contribution in [0.1, 0.15) is 41.9 Å². The van der Waals surface area contributed by atoms with E-state index in [2.05, 4.69) is 10.5 Å². The summed E-state index contributed by atoms with van der Waals surface area (Å²) in [5.41, 5.74) is 0.270. The molecule has 0 aliphatic heterocycles. The van der Waals surface area contributed by atoms with Gasteiger partial charge in [-0.1, -0.05) is 29.8 Å². The van der Waals surface area contributed by atoms with Crippen LogP contribution in [0.5, 0.6) is 5.75 Å². The summed E-state index contributed by atoms with van der Waals surface area (Å²) in [6.07, 6.45) is 3.97. The fraction of sp³-hybridized carbons (Fsp3) is 0.444. The van der Waals surface area contributed by atoms with Crippen LogP contribution in [0.25, 0.3) is 0 Å². The van der Waals surface area contributed by atoms with E-state index in [0.717, 1.165) is 31.4 Å². The van der Waals surface area contributed by atoms with Gasteiger partial charge < -0.3 is 19.3 Å². The summed E-state index contributed by atoms with van der Waals surface area (Å²) in [5.74, 6) is 1.12. The largest absolute Gasteiger partial charge is 0.488 e. The number of para-hydroxylation sites is 1. The van der Waals surface area contributed by atoms with Gasteiger partial charge in [0.25, 0.3) is 5.91 Å². The van der Waals surface area contributed by atoms with E-state index < -0.39 is 0 Å². The van der Waals surface area contributed by atoms with Crippen LogP contribution in [-0.2, 0) is 11.3 Å². The topological polar surface area (TPSA) is 73.6 Å². The first-order valence-electron chi connectivity index (χ1n) is 8.23. The van der Waals surface area contributed by atoms with Crippen LogP contribution < -0.4 is 10.1 Å². The van der Waals surface area contributed by atoms with E-state index in [0.29, 0.717) is 12.4 Å². The van der Waals surface area contributed by atoms with Crippen molar-refractivity contribution in [3.05, 3.63) is 47.9 Å². The molecule has 3 rings (SSSR count). The molecular formula is C18H22N2O4. The molecule has 0 saturated heterocycles. The van der Waals surface area contributed by atoms with E-state index in [1.54, 1.807) is 13.2 Å². The molecule has 0 unspecified atom stereocenters. The van der Waals surface area contributed by atoms with Gasteiger partial charge in [-0.15, -0.1) is 0 Å². The Labute approximate surface area is 141 Å². The summed E-state index contributed by atoms with van der Waals surface area (Å²) in [7, 11) is 1.57. The van der Waals surface area contributed by atoms with Crippen LogP contribution in [-0.4, -0.2) is 30.3 Å². The Balaban J connectivity index is 1.63. The molecule has 1 aromatic carbocycles. The summed E-state index contributed by atoms with van der Waals surface area (Å²) in [5, 5.41) is 6.84. The molecule has 1 saturated carbocycles. The van der Waals surface area contributed by atoms with Gasteiger partial charge in [-0.3, -0.25) is 4.79 Å². The molecule has 1 amide bonds. The highest BCUT2D eigenvalue weighted by atomic mass is 16.5. The predicted octanol–water partition coefficient (Wildman–Crippen LogP) is 2.94. The molecule has 0 bridgehead atoms. The first kappa shape index (κ1) is 16.5. The average Bonchev–Trinajstić information content (AvgIpc) is 3.07. The Morgan fingerprint density at radius 1 is 1.29 bits per heavy atom. The highest BCUT2D eigenvalue weighted by molar-refractivity contribution is 5.92. The summed E-state index contributed by atoms with van der Waals surface area (Å²) in [4.78, 5) is 12.4. The predicted molar refractivity (Wildman–Crippen MR) is 87.8 cm³/mol. The van der Waals surface area contributed by atoms with Crippen LogP contribution in [0, 0.1) is 0 Å². The van der Waals surface area contributed by atoms with E-state index in [1.807, 2.05) is 30.3 Å². The van der Waals surface area contributed by atoms with Crippen LogP contribution in [0.4, 0.5) is 0 Å². The van der Waals surface area contributed by atoms with Gasteiger partial charge in [0.15, 0.2) is 11.5 Å². The molecule has 1 N–H and O–H groups in total. The number of ether oxygens (including phenoxy) is 2. The first-order valence-corrected chi connectivity index (χ1v) is 8.23. The fourth-order valence-corrected chi connectivity index (χ4v) is 2.95. The van der Waals surface area contributed by atoms with Crippen molar-refractivity contribution in [2.75, 3.05) is 7.11 Å². The Morgan fingerprint density at radius 2 is 2.08 bits per heavy atom. The smallest absolute Gasteiger partial charge is 0.273 e. The lowest BCUT2D eigenvalue weighted by Gasteiger charge is -2.32. The molecule has 1 aliphatic rings. The monoisotopic (exact) mass is 330 g/mol. The zero-order chi connectivity index (χ0) is 16.8. The summed E-state index contributed by atoms with van der Waals surface area (Å²) in [6, 6.07) is 11.3. The second-order valence-electron chi connectivity index (χ2n) is 5.95. The van der Waals surface area contributed by atoms with Crippen molar-refractivity contribution in [1.29, 1.82) is 0 Å². The molecule has 2 atom stereocenters. The first-order chi connectivity index (χ1) is 11.8. The maximum atomic E-state index is 12.4. The van der Waals surface area contributed by atoms with Gasteiger partial charge in [-0.05, 0) is 31.4 Å². The average molecular weight is 330 g/mol. The van der Waals surface area contributed by atoms with Gasteiger partial charge in [-0.25, -0.2) is 0 Å². The van der Waals surface area contributed by atoms with Gasteiger partial charge >= 0.3 is 0 Å². The third kappa shape index (κ3) is 4.14. The van der Waals surface area contributed by atoms with Crippen molar-refractivity contribution < 1.29 is 18.8 Å². The third-order valence-corrected chi connectivity index (χ3v) is 4.13. The van der Waals surface area contributed by atoms with Crippen LogP contribution >= 0.6 is 0 Å². The highest BCUT2D eigenvalue weighted by Gasteiger charge is 2.29. The summed E-state index contributed by atoms with van der Waals surface area (Å²) in [6.45, 7) is 0.295. The van der Waals surface area contributed by atoms with Crippen molar-refractivity contribution in [3.8, 4) is 5.75 Å². The maximum absolute atomic E-state index is 12.4. The molecule has 24 heavy (non-hydrogen) atoms. The number of rotatable bonds is 6. The molecule has 2 aromatic rings. The van der Waals surface area contributed by atoms with E-state index >= 15 is 0 Å². The molecule has 0 spiro atoms. The van der Waals surface area contributed by atoms with Gasteiger partial charge in [0.1, 0.15) is 18.5 Å².